The first-order valence-electron chi connectivity index (χ1n) is 10.5. The largest absolute Gasteiger partial charge is 0.465 e. The number of nitrogens with two attached hydrogens (primary N) is 1. The molecule has 2 heterocycles. The first-order chi connectivity index (χ1) is 14.9. The van der Waals surface area contributed by atoms with E-state index in [0.29, 0.717) is 25.8 Å². The molecule has 0 aliphatic carbocycles. The maximum absolute atomic E-state index is 13.0. The van der Waals surface area contributed by atoms with Gasteiger partial charge in [-0.15, -0.1) is 0 Å². The van der Waals surface area contributed by atoms with Crippen molar-refractivity contribution >= 4 is 29.7 Å². The molecule has 13 nitrogen and oxygen atoms in total. The Balaban J connectivity index is 1.96. The van der Waals surface area contributed by atoms with Gasteiger partial charge in [0.1, 0.15) is 6.04 Å². The number of carboxylic acid groups (broad SMARTS) is 1. The zero-order valence-electron chi connectivity index (χ0n) is 18.1. The first-order valence-corrected chi connectivity index (χ1v) is 10.5. The van der Waals surface area contributed by atoms with Gasteiger partial charge in [-0.25, -0.2) is 4.79 Å². The van der Waals surface area contributed by atoms with E-state index in [1.165, 1.54) is 23.6 Å². The van der Waals surface area contributed by atoms with Crippen LogP contribution in [0.2, 0.25) is 0 Å². The summed E-state index contributed by atoms with van der Waals surface area (Å²) in [4.78, 5) is 62.7. The topological polar surface area (TPSA) is 203 Å². The molecule has 0 saturated carbocycles. The van der Waals surface area contributed by atoms with Gasteiger partial charge in [-0.1, -0.05) is 0 Å². The highest BCUT2D eigenvalue weighted by Gasteiger charge is 2.42. The Hall–Kier alpha value is -2.93. The molecule has 2 aliphatic heterocycles. The van der Waals surface area contributed by atoms with Crippen molar-refractivity contribution < 1.29 is 39.3 Å². The lowest BCUT2D eigenvalue weighted by atomic mass is 10.1. The second kappa shape index (κ2) is 10.6. The van der Waals surface area contributed by atoms with E-state index in [1.54, 1.807) is 0 Å². The summed E-state index contributed by atoms with van der Waals surface area (Å²) in [5.74, 6) is -3.00. The van der Waals surface area contributed by atoms with Gasteiger partial charge in [0, 0.05) is 19.6 Å². The fourth-order valence-electron chi connectivity index (χ4n) is 4.02. The van der Waals surface area contributed by atoms with Gasteiger partial charge in [0.2, 0.25) is 17.7 Å². The van der Waals surface area contributed by atoms with E-state index in [1.807, 2.05) is 5.32 Å². The number of amides is 5. The van der Waals surface area contributed by atoms with Crippen LogP contribution >= 0.6 is 0 Å². The second-order valence-electron chi connectivity index (χ2n) is 8.29. The van der Waals surface area contributed by atoms with Crippen molar-refractivity contribution in [1.29, 1.82) is 0 Å². The molecular weight excluding hydrogens is 426 g/mol. The van der Waals surface area contributed by atoms with Gasteiger partial charge in [0.25, 0.3) is 5.91 Å². The van der Waals surface area contributed by atoms with Crippen molar-refractivity contribution in [2.75, 3.05) is 19.6 Å². The number of carbonyl (C=O) groups excluding carboxylic acids is 4. The molecule has 32 heavy (non-hydrogen) atoms. The number of rotatable bonds is 8. The molecule has 0 unspecified atom stereocenters. The van der Waals surface area contributed by atoms with Crippen LogP contribution in [0.3, 0.4) is 0 Å². The standard InChI is InChI=1S/C19H31N5O8/c1-9(13(25)15(20)27)21-16(28)12-4-3-6-24(12)17(29)11-5-7-23(8-11)18(30)14(26)10(2)22-19(31)32/h9-14,22,25-26H,3-8H2,1-2H3,(H2,20,27)(H,21,28)(H,31,32)/t9-,10-,11+,12+,13+,14+/m0/s1. The number of nitrogens with zero attached hydrogens (tertiary/aromatic N) is 2. The van der Waals surface area contributed by atoms with E-state index < -0.39 is 60.1 Å². The normalized spacial score (nSPS) is 24.4. The number of hydrogen-bond donors (Lipinski definition) is 6. The minimum Gasteiger partial charge on any atom is -0.465 e. The molecule has 6 atom stereocenters. The molecule has 5 amide bonds. The third kappa shape index (κ3) is 5.85. The highest BCUT2D eigenvalue weighted by atomic mass is 16.4. The van der Waals surface area contributed by atoms with Gasteiger partial charge in [-0.2, -0.15) is 0 Å². The lowest BCUT2D eigenvalue weighted by molar-refractivity contribution is -0.143. The van der Waals surface area contributed by atoms with Gasteiger partial charge in [-0.05, 0) is 33.1 Å². The van der Waals surface area contributed by atoms with Gasteiger partial charge in [0.15, 0.2) is 12.2 Å². The number of hydrogen-bond acceptors (Lipinski definition) is 7. The summed E-state index contributed by atoms with van der Waals surface area (Å²) < 4.78 is 0. The molecule has 2 aliphatic rings. The lowest BCUT2D eigenvalue weighted by Gasteiger charge is -2.28. The number of nitrogens with one attached hydrogen (secondary N) is 2. The van der Waals surface area contributed by atoms with Crippen molar-refractivity contribution in [3.05, 3.63) is 0 Å². The molecule has 0 aromatic heterocycles. The summed E-state index contributed by atoms with van der Waals surface area (Å²) >= 11 is 0. The van der Waals surface area contributed by atoms with E-state index in [0.717, 1.165) is 0 Å². The maximum Gasteiger partial charge on any atom is 0.404 e. The Morgan fingerprint density at radius 3 is 2.19 bits per heavy atom. The molecule has 0 aromatic carbocycles. The van der Waals surface area contributed by atoms with Crippen LogP contribution in [0.4, 0.5) is 4.79 Å². The van der Waals surface area contributed by atoms with Gasteiger partial charge in [0.05, 0.1) is 18.0 Å². The average Bonchev–Trinajstić information content (AvgIpc) is 3.40. The van der Waals surface area contributed by atoms with Crippen LogP contribution in [0, 0.1) is 5.92 Å². The van der Waals surface area contributed by atoms with Crippen LogP contribution < -0.4 is 16.4 Å². The second-order valence-corrected chi connectivity index (χ2v) is 8.29. The monoisotopic (exact) mass is 457 g/mol. The molecule has 7 N–H and O–H groups in total. The zero-order valence-corrected chi connectivity index (χ0v) is 18.1. The summed E-state index contributed by atoms with van der Waals surface area (Å²) in [6.45, 7) is 3.42. The molecule has 0 aromatic rings. The quantitative estimate of drug-likeness (QED) is 0.224. The molecular formula is C19H31N5O8. The summed E-state index contributed by atoms with van der Waals surface area (Å²) in [6.07, 6.45) is -3.13. The SMILES string of the molecule is C[C@H](NC(=O)[C@H]1CCCN1C(=O)[C@@H]1CCN(C(=O)[C@H](O)[C@H](C)NC(=O)O)C1)[C@@H](O)C(N)=O. The predicted molar refractivity (Wildman–Crippen MR) is 109 cm³/mol. The molecule has 0 radical (unpaired) electrons. The Morgan fingerprint density at radius 2 is 1.59 bits per heavy atom. The number of likely N-dealkylation sites (tertiary alicyclic amines) is 2. The summed E-state index contributed by atoms with van der Waals surface area (Å²) in [6, 6.07) is -2.70. The van der Waals surface area contributed by atoms with E-state index in [-0.39, 0.29) is 19.0 Å². The molecule has 2 fully saturated rings. The summed E-state index contributed by atoms with van der Waals surface area (Å²) in [5.41, 5.74) is 5.04. The third-order valence-electron chi connectivity index (χ3n) is 5.90. The number of aliphatic hydroxyl groups is 2. The smallest absolute Gasteiger partial charge is 0.404 e. The van der Waals surface area contributed by atoms with Crippen LogP contribution in [0.5, 0.6) is 0 Å². The van der Waals surface area contributed by atoms with Crippen molar-refractivity contribution in [2.24, 2.45) is 11.7 Å². The summed E-state index contributed by atoms with van der Waals surface area (Å²) in [5, 5.41) is 33.0. The van der Waals surface area contributed by atoms with Crippen LogP contribution in [0.25, 0.3) is 0 Å². The fraction of sp³-hybridized carbons (Fsp3) is 0.737. The van der Waals surface area contributed by atoms with Crippen molar-refractivity contribution in [3.63, 3.8) is 0 Å². The van der Waals surface area contributed by atoms with E-state index in [2.05, 4.69) is 5.32 Å². The zero-order chi connectivity index (χ0) is 24.2. The Morgan fingerprint density at radius 1 is 0.969 bits per heavy atom. The Bertz CT molecular complexity index is 762. The highest BCUT2D eigenvalue weighted by Crippen LogP contribution is 2.25. The average molecular weight is 457 g/mol. The van der Waals surface area contributed by atoms with Crippen LogP contribution in [0.1, 0.15) is 33.1 Å². The third-order valence-corrected chi connectivity index (χ3v) is 5.90. The van der Waals surface area contributed by atoms with E-state index in [4.69, 9.17) is 10.8 Å². The minimum absolute atomic E-state index is 0.0517. The molecule has 13 heteroatoms. The van der Waals surface area contributed by atoms with Gasteiger partial charge >= 0.3 is 6.09 Å². The van der Waals surface area contributed by atoms with Gasteiger partial charge in [-0.3, -0.25) is 19.2 Å². The van der Waals surface area contributed by atoms with Crippen LogP contribution in [-0.4, -0.2) is 105 Å². The van der Waals surface area contributed by atoms with Crippen LogP contribution in [0.15, 0.2) is 0 Å². The number of primary amides is 1. The molecule has 2 saturated heterocycles. The number of aliphatic hydroxyl groups excluding tert-OH is 2. The summed E-state index contributed by atoms with van der Waals surface area (Å²) in [7, 11) is 0. The van der Waals surface area contributed by atoms with E-state index >= 15 is 0 Å². The van der Waals surface area contributed by atoms with Gasteiger partial charge < -0.3 is 41.5 Å². The molecule has 180 valence electrons. The predicted octanol–water partition coefficient (Wildman–Crippen LogP) is -2.81. The maximum atomic E-state index is 13.0. The number of carbonyl (C=O) groups is 5. The molecule has 0 spiro atoms. The lowest BCUT2D eigenvalue weighted by Crippen LogP contribution is -2.54. The minimum atomic E-state index is -1.58. The molecule has 2 rings (SSSR count). The van der Waals surface area contributed by atoms with Crippen molar-refractivity contribution in [3.8, 4) is 0 Å². The van der Waals surface area contributed by atoms with Crippen molar-refractivity contribution in [1.82, 2.24) is 20.4 Å². The Labute approximate surface area is 184 Å². The Kier molecular flexibility index (Phi) is 8.38. The van der Waals surface area contributed by atoms with Crippen LogP contribution in [-0.2, 0) is 19.2 Å². The molecule has 0 bridgehead atoms. The first kappa shape index (κ1) is 25.3. The highest BCUT2D eigenvalue weighted by molar-refractivity contribution is 5.91. The van der Waals surface area contributed by atoms with E-state index in [9.17, 15) is 34.2 Å². The fourth-order valence-corrected chi connectivity index (χ4v) is 4.02. The van der Waals surface area contributed by atoms with Crippen molar-refractivity contribution in [2.45, 2.75) is 63.4 Å².